The molecule has 1 aromatic heterocycles. The first-order chi connectivity index (χ1) is 5.73. The van der Waals surface area contributed by atoms with E-state index in [-0.39, 0.29) is 5.54 Å². The Labute approximate surface area is 71.6 Å². The van der Waals surface area contributed by atoms with Crippen molar-refractivity contribution in [1.82, 2.24) is 9.55 Å². The Morgan fingerprint density at radius 3 is 2.83 bits per heavy atom. The van der Waals surface area contributed by atoms with E-state index >= 15 is 0 Å². The second kappa shape index (κ2) is 3.47. The third kappa shape index (κ3) is 1.52. The molecule has 0 fully saturated rings. The molecule has 0 N–H and O–H groups in total. The van der Waals surface area contributed by atoms with E-state index < -0.39 is 0 Å². The Kier molecular flexibility index (Phi) is 2.58. The van der Waals surface area contributed by atoms with Gasteiger partial charge in [-0.25, -0.2) is 4.98 Å². The van der Waals surface area contributed by atoms with Gasteiger partial charge in [-0.05, 0) is 13.3 Å². The monoisotopic (exact) mass is 167 g/mol. The summed E-state index contributed by atoms with van der Waals surface area (Å²) in [6, 6.07) is 0. The van der Waals surface area contributed by atoms with Crippen LogP contribution in [-0.2, 0) is 5.54 Å². The number of hydrogen-bond acceptors (Lipinski definition) is 3. The van der Waals surface area contributed by atoms with Gasteiger partial charge in [-0.3, -0.25) is 0 Å². The molecular formula is C8H13N3O. The normalized spacial score (nSPS) is 15.5. The van der Waals surface area contributed by atoms with Gasteiger partial charge in [0, 0.05) is 12.4 Å². The molecule has 4 heteroatoms. The summed E-state index contributed by atoms with van der Waals surface area (Å²) in [5.74, 6) is 0. The first-order valence-electron chi connectivity index (χ1n) is 4.00. The number of imidazole rings is 1. The van der Waals surface area contributed by atoms with E-state index in [9.17, 15) is 4.91 Å². The van der Waals surface area contributed by atoms with Gasteiger partial charge in [0.2, 0.25) is 0 Å². The van der Waals surface area contributed by atoms with E-state index in [0.717, 1.165) is 6.42 Å². The van der Waals surface area contributed by atoms with Crippen LogP contribution in [0, 0.1) is 4.91 Å². The van der Waals surface area contributed by atoms with Crippen molar-refractivity contribution < 1.29 is 0 Å². The van der Waals surface area contributed by atoms with Gasteiger partial charge in [-0.15, -0.1) is 0 Å². The van der Waals surface area contributed by atoms with Gasteiger partial charge in [0.25, 0.3) is 0 Å². The minimum atomic E-state index is -0.210. The molecule has 0 saturated carbocycles. The van der Waals surface area contributed by atoms with E-state index in [1.165, 1.54) is 0 Å². The highest BCUT2D eigenvalue weighted by Gasteiger charge is 2.23. The fourth-order valence-corrected chi connectivity index (χ4v) is 1.09. The third-order valence-electron chi connectivity index (χ3n) is 2.29. The fourth-order valence-electron chi connectivity index (χ4n) is 1.09. The van der Waals surface area contributed by atoms with Crippen molar-refractivity contribution in [3.8, 4) is 0 Å². The number of aromatic nitrogens is 2. The fraction of sp³-hybridized carbons (Fsp3) is 0.625. The lowest BCUT2D eigenvalue weighted by Gasteiger charge is -2.26. The second-order valence-corrected chi connectivity index (χ2v) is 3.11. The quantitative estimate of drug-likeness (QED) is 0.641. The summed E-state index contributed by atoms with van der Waals surface area (Å²) in [5, 5.41) is 2.94. The first kappa shape index (κ1) is 8.90. The molecule has 1 heterocycles. The van der Waals surface area contributed by atoms with Gasteiger partial charge in [0.15, 0.2) is 0 Å². The molecule has 66 valence electrons. The topological polar surface area (TPSA) is 47.2 Å². The predicted octanol–water partition coefficient (Wildman–Crippen LogP) is 1.77. The van der Waals surface area contributed by atoms with Gasteiger partial charge in [0.1, 0.15) is 6.54 Å². The van der Waals surface area contributed by atoms with Crippen LogP contribution in [0.3, 0.4) is 0 Å². The van der Waals surface area contributed by atoms with Gasteiger partial charge in [-0.2, -0.15) is 4.91 Å². The minimum Gasteiger partial charge on any atom is -0.330 e. The molecule has 0 aliphatic rings. The number of hydrogen-bond donors (Lipinski definition) is 0. The summed E-state index contributed by atoms with van der Waals surface area (Å²) in [6.07, 6.45) is 6.15. The average Bonchev–Trinajstić information content (AvgIpc) is 2.57. The van der Waals surface area contributed by atoms with Crippen molar-refractivity contribution >= 4 is 0 Å². The predicted molar refractivity (Wildman–Crippen MR) is 46.8 cm³/mol. The Balaban J connectivity index is 2.87. The minimum absolute atomic E-state index is 0.210. The van der Waals surface area contributed by atoms with Crippen LogP contribution in [0.15, 0.2) is 23.9 Å². The highest BCUT2D eigenvalue weighted by molar-refractivity contribution is 4.89. The van der Waals surface area contributed by atoms with E-state index in [4.69, 9.17) is 0 Å². The van der Waals surface area contributed by atoms with Gasteiger partial charge < -0.3 is 4.57 Å². The lowest BCUT2D eigenvalue weighted by molar-refractivity contribution is 0.316. The zero-order valence-corrected chi connectivity index (χ0v) is 7.40. The molecule has 0 aliphatic carbocycles. The van der Waals surface area contributed by atoms with Crippen LogP contribution in [0.1, 0.15) is 20.3 Å². The zero-order chi connectivity index (χ0) is 9.03. The van der Waals surface area contributed by atoms with Crippen LogP contribution < -0.4 is 0 Å². The van der Waals surface area contributed by atoms with Crippen molar-refractivity contribution in [2.45, 2.75) is 25.8 Å². The first-order valence-corrected chi connectivity index (χ1v) is 4.00. The molecule has 0 aromatic carbocycles. The van der Waals surface area contributed by atoms with Gasteiger partial charge in [0.05, 0.1) is 11.9 Å². The van der Waals surface area contributed by atoms with E-state index in [2.05, 4.69) is 10.2 Å². The van der Waals surface area contributed by atoms with Crippen molar-refractivity contribution in [2.24, 2.45) is 5.18 Å². The standard InChI is InChI=1S/C8H13N3O/c1-3-8(2,6-10-12)11-5-4-9-7-11/h4-5,7H,3,6H2,1-2H3. The lowest BCUT2D eigenvalue weighted by atomic mass is 9.99. The smallest absolute Gasteiger partial charge is 0.104 e. The average molecular weight is 167 g/mol. The van der Waals surface area contributed by atoms with Crippen LogP contribution in [0.4, 0.5) is 0 Å². The highest BCUT2D eigenvalue weighted by Crippen LogP contribution is 2.19. The van der Waals surface area contributed by atoms with Crippen LogP contribution in [-0.4, -0.2) is 16.1 Å². The van der Waals surface area contributed by atoms with E-state index in [0.29, 0.717) is 6.54 Å². The highest BCUT2D eigenvalue weighted by atomic mass is 16.3. The molecular weight excluding hydrogens is 154 g/mol. The Morgan fingerprint density at radius 1 is 1.67 bits per heavy atom. The molecule has 0 amide bonds. The van der Waals surface area contributed by atoms with Crippen molar-refractivity contribution in [3.05, 3.63) is 23.6 Å². The Bertz CT molecular complexity index is 245. The van der Waals surface area contributed by atoms with Crippen molar-refractivity contribution in [2.75, 3.05) is 6.54 Å². The molecule has 0 saturated heterocycles. The summed E-state index contributed by atoms with van der Waals surface area (Å²) >= 11 is 0. The van der Waals surface area contributed by atoms with Gasteiger partial charge >= 0.3 is 0 Å². The number of nitroso groups, excluding NO2 is 1. The molecule has 1 unspecified atom stereocenters. The maximum Gasteiger partial charge on any atom is 0.104 e. The number of rotatable bonds is 4. The molecule has 1 aromatic rings. The molecule has 4 nitrogen and oxygen atoms in total. The van der Waals surface area contributed by atoms with Crippen LogP contribution in [0.2, 0.25) is 0 Å². The molecule has 1 rings (SSSR count). The van der Waals surface area contributed by atoms with Crippen LogP contribution in [0.25, 0.3) is 0 Å². The summed E-state index contributed by atoms with van der Waals surface area (Å²) in [6.45, 7) is 4.32. The Morgan fingerprint density at radius 2 is 2.42 bits per heavy atom. The van der Waals surface area contributed by atoms with Crippen molar-refractivity contribution in [1.29, 1.82) is 0 Å². The maximum absolute atomic E-state index is 10.2. The van der Waals surface area contributed by atoms with Crippen LogP contribution >= 0.6 is 0 Å². The molecule has 0 bridgehead atoms. The SMILES string of the molecule is CCC(C)(CN=O)n1ccnc1. The number of nitrogens with zero attached hydrogens (tertiary/aromatic N) is 3. The lowest BCUT2D eigenvalue weighted by Crippen LogP contribution is -2.31. The second-order valence-electron chi connectivity index (χ2n) is 3.11. The van der Waals surface area contributed by atoms with Crippen LogP contribution in [0.5, 0.6) is 0 Å². The molecule has 1 atom stereocenters. The molecule has 0 radical (unpaired) electrons. The molecule has 12 heavy (non-hydrogen) atoms. The zero-order valence-electron chi connectivity index (χ0n) is 7.40. The Hall–Kier alpha value is -1.19. The summed E-state index contributed by atoms with van der Waals surface area (Å²) in [5.41, 5.74) is -0.210. The van der Waals surface area contributed by atoms with E-state index in [1.54, 1.807) is 12.5 Å². The largest absolute Gasteiger partial charge is 0.330 e. The van der Waals surface area contributed by atoms with E-state index in [1.807, 2.05) is 24.6 Å². The third-order valence-corrected chi connectivity index (χ3v) is 2.29. The maximum atomic E-state index is 10.2. The van der Waals surface area contributed by atoms with Gasteiger partial charge in [-0.1, -0.05) is 12.1 Å². The summed E-state index contributed by atoms with van der Waals surface area (Å²) < 4.78 is 1.92. The molecule has 0 aliphatic heterocycles. The van der Waals surface area contributed by atoms with Crippen molar-refractivity contribution in [3.63, 3.8) is 0 Å². The summed E-state index contributed by atoms with van der Waals surface area (Å²) in [4.78, 5) is 14.1. The molecule has 0 spiro atoms. The summed E-state index contributed by atoms with van der Waals surface area (Å²) in [7, 11) is 0.